The smallest absolute Gasteiger partial charge is 0.282 e. The molecule has 0 amide bonds. The molecule has 1 aromatic rings. The van der Waals surface area contributed by atoms with Crippen LogP contribution in [-0.2, 0) is 21.5 Å². The van der Waals surface area contributed by atoms with Crippen molar-refractivity contribution in [2.75, 3.05) is 20.1 Å². The van der Waals surface area contributed by atoms with Crippen molar-refractivity contribution < 1.29 is 13.2 Å². The van der Waals surface area contributed by atoms with Gasteiger partial charge in [-0.15, -0.1) is 0 Å². The van der Waals surface area contributed by atoms with Gasteiger partial charge in [-0.3, -0.25) is 0 Å². The van der Waals surface area contributed by atoms with E-state index in [1.54, 1.807) is 25.2 Å². The molecule has 0 radical (unpaired) electrons. The average molecular weight is 323 g/mol. The largest absolute Gasteiger partial charge is 0.373 e. The maximum atomic E-state index is 12.7. The first kappa shape index (κ1) is 16.9. The highest BCUT2D eigenvalue weighted by Crippen LogP contribution is 2.18. The van der Waals surface area contributed by atoms with E-state index in [2.05, 4.69) is 6.07 Å². The molecule has 0 bridgehead atoms. The third kappa shape index (κ3) is 3.84. The van der Waals surface area contributed by atoms with Crippen LogP contribution in [0.2, 0.25) is 0 Å². The predicted octanol–water partition coefficient (Wildman–Crippen LogP) is 1.34. The lowest BCUT2D eigenvalue weighted by Crippen LogP contribution is -2.52. The Morgan fingerprint density at radius 1 is 1.36 bits per heavy atom. The minimum atomic E-state index is -3.54. The van der Waals surface area contributed by atoms with Crippen LogP contribution in [0.15, 0.2) is 24.3 Å². The van der Waals surface area contributed by atoms with E-state index in [-0.39, 0.29) is 18.8 Å². The number of hydrogen-bond acceptors (Lipinski definition) is 4. The van der Waals surface area contributed by atoms with Gasteiger partial charge >= 0.3 is 0 Å². The van der Waals surface area contributed by atoms with Gasteiger partial charge in [-0.05, 0) is 31.5 Å². The molecule has 22 heavy (non-hydrogen) atoms. The summed E-state index contributed by atoms with van der Waals surface area (Å²) in [6.45, 7) is 4.69. The van der Waals surface area contributed by atoms with E-state index in [1.807, 2.05) is 19.9 Å². The zero-order valence-electron chi connectivity index (χ0n) is 13.1. The Morgan fingerprint density at radius 2 is 2.00 bits per heavy atom. The Kier molecular flexibility index (Phi) is 5.19. The second kappa shape index (κ2) is 6.75. The zero-order valence-corrected chi connectivity index (χ0v) is 13.9. The normalized spacial score (nSPS) is 23.4. The van der Waals surface area contributed by atoms with Crippen molar-refractivity contribution in [2.45, 2.75) is 32.6 Å². The highest BCUT2D eigenvalue weighted by molar-refractivity contribution is 7.86. The van der Waals surface area contributed by atoms with E-state index in [0.29, 0.717) is 18.7 Å². The Balaban J connectivity index is 2.13. The molecule has 0 N–H and O–H groups in total. The third-order valence-electron chi connectivity index (χ3n) is 3.57. The quantitative estimate of drug-likeness (QED) is 0.838. The molecule has 2 atom stereocenters. The van der Waals surface area contributed by atoms with Gasteiger partial charge in [-0.1, -0.05) is 12.1 Å². The summed E-state index contributed by atoms with van der Waals surface area (Å²) >= 11 is 0. The number of rotatable bonds is 4. The Hall–Kier alpha value is -1.46. The molecule has 1 aromatic carbocycles. The summed E-state index contributed by atoms with van der Waals surface area (Å²) in [5, 5.41) is 8.91. The maximum absolute atomic E-state index is 12.7. The average Bonchev–Trinajstić information content (AvgIpc) is 2.46. The second-order valence-electron chi connectivity index (χ2n) is 5.65. The monoisotopic (exact) mass is 323 g/mol. The van der Waals surface area contributed by atoms with Gasteiger partial charge in [-0.25, -0.2) is 0 Å². The number of nitrogens with zero attached hydrogens (tertiary/aromatic N) is 3. The van der Waals surface area contributed by atoms with Crippen LogP contribution in [0.25, 0.3) is 0 Å². The molecule has 1 aliphatic heterocycles. The zero-order chi connectivity index (χ0) is 16.3. The number of benzene rings is 1. The molecular formula is C15H21N3O3S. The standard InChI is InChI=1S/C15H21N3O3S/c1-12-9-18(10-13(2)21-12)22(19,20)17(3)11-15-6-4-5-14(7-15)8-16/h4-7,12-13H,9-11H2,1-3H3. The molecule has 2 rings (SSSR count). The second-order valence-corrected chi connectivity index (χ2v) is 7.69. The van der Waals surface area contributed by atoms with Crippen molar-refractivity contribution in [3.63, 3.8) is 0 Å². The van der Waals surface area contributed by atoms with Gasteiger partial charge in [-0.2, -0.15) is 22.3 Å². The lowest BCUT2D eigenvalue weighted by molar-refractivity contribution is -0.0453. The molecule has 1 fully saturated rings. The van der Waals surface area contributed by atoms with Crippen LogP contribution in [0.4, 0.5) is 0 Å². The predicted molar refractivity (Wildman–Crippen MR) is 83.1 cm³/mol. The van der Waals surface area contributed by atoms with E-state index >= 15 is 0 Å². The van der Waals surface area contributed by atoms with Crippen molar-refractivity contribution in [2.24, 2.45) is 0 Å². The van der Waals surface area contributed by atoms with Crippen LogP contribution in [-0.4, -0.2) is 49.4 Å². The van der Waals surface area contributed by atoms with Crippen molar-refractivity contribution in [3.8, 4) is 6.07 Å². The lowest BCUT2D eigenvalue weighted by atomic mass is 10.1. The summed E-state index contributed by atoms with van der Waals surface area (Å²) < 4.78 is 33.7. The summed E-state index contributed by atoms with van der Waals surface area (Å²) in [6, 6.07) is 9.04. The summed E-state index contributed by atoms with van der Waals surface area (Å²) in [5.41, 5.74) is 1.32. The number of nitriles is 1. The Labute approximate surface area is 132 Å². The molecule has 0 aromatic heterocycles. The highest BCUT2D eigenvalue weighted by Gasteiger charge is 2.33. The van der Waals surface area contributed by atoms with Crippen molar-refractivity contribution >= 4 is 10.2 Å². The fraction of sp³-hybridized carbons (Fsp3) is 0.533. The van der Waals surface area contributed by atoms with E-state index in [0.717, 1.165) is 5.56 Å². The van der Waals surface area contributed by atoms with Gasteiger partial charge in [0.1, 0.15) is 0 Å². The molecule has 7 heteroatoms. The van der Waals surface area contributed by atoms with E-state index in [4.69, 9.17) is 10.00 Å². The van der Waals surface area contributed by atoms with Crippen LogP contribution in [0, 0.1) is 11.3 Å². The molecule has 0 saturated carbocycles. The highest BCUT2D eigenvalue weighted by atomic mass is 32.2. The van der Waals surface area contributed by atoms with Crippen molar-refractivity contribution in [3.05, 3.63) is 35.4 Å². The van der Waals surface area contributed by atoms with Gasteiger partial charge in [0.25, 0.3) is 10.2 Å². The van der Waals surface area contributed by atoms with Gasteiger partial charge in [0.15, 0.2) is 0 Å². The SMILES string of the molecule is CC1CN(S(=O)(=O)N(C)Cc2cccc(C#N)c2)CC(C)O1. The molecule has 120 valence electrons. The maximum Gasteiger partial charge on any atom is 0.282 e. The molecule has 0 aliphatic carbocycles. The van der Waals surface area contributed by atoms with E-state index in [9.17, 15) is 8.42 Å². The molecule has 1 heterocycles. The fourth-order valence-corrected chi connectivity index (χ4v) is 4.10. The summed E-state index contributed by atoms with van der Waals surface area (Å²) in [5.74, 6) is 0. The van der Waals surface area contributed by atoms with E-state index in [1.165, 1.54) is 8.61 Å². The van der Waals surface area contributed by atoms with Crippen LogP contribution in [0.5, 0.6) is 0 Å². The van der Waals surface area contributed by atoms with Gasteiger partial charge in [0.05, 0.1) is 23.8 Å². The van der Waals surface area contributed by atoms with Crippen LogP contribution < -0.4 is 0 Å². The molecule has 2 unspecified atom stereocenters. The van der Waals surface area contributed by atoms with Crippen molar-refractivity contribution in [1.82, 2.24) is 8.61 Å². The fourth-order valence-electron chi connectivity index (χ4n) is 2.59. The van der Waals surface area contributed by atoms with Gasteiger partial charge in [0, 0.05) is 26.7 Å². The Morgan fingerprint density at radius 3 is 2.59 bits per heavy atom. The Bertz CT molecular complexity index is 659. The number of hydrogen-bond donors (Lipinski definition) is 0. The van der Waals surface area contributed by atoms with Crippen molar-refractivity contribution in [1.29, 1.82) is 5.26 Å². The van der Waals surface area contributed by atoms with Gasteiger partial charge < -0.3 is 4.74 Å². The van der Waals surface area contributed by atoms with Gasteiger partial charge in [0.2, 0.25) is 0 Å². The first-order valence-electron chi connectivity index (χ1n) is 7.19. The first-order valence-corrected chi connectivity index (χ1v) is 8.58. The molecular weight excluding hydrogens is 302 g/mol. The van der Waals surface area contributed by atoms with Crippen LogP contribution >= 0.6 is 0 Å². The molecule has 1 saturated heterocycles. The summed E-state index contributed by atoms with van der Waals surface area (Å²) in [4.78, 5) is 0. The molecule has 0 spiro atoms. The summed E-state index contributed by atoms with van der Waals surface area (Å²) in [7, 11) is -1.99. The van der Waals surface area contributed by atoms with Crippen LogP contribution in [0.1, 0.15) is 25.0 Å². The summed E-state index contributed by atoms with van der Waals surface area (Å²) in [6.07, 6.45) is -0.234. The molecule has 1 aliphatic rings. The lowest BCUT2D eigenvalue weighted by Gasteiger charge is -2.36. The first-order chi connectivity index (χ1) is 10.3. The van der Waals surface area contributed by atoms with E-state index < -0.39 is 10.2 Å². The minimum absolute atomic E-state index is 0.117. The van der Waals surface area contributed by atoms with Crippen LogP contribution in [0.3, 0.4) is 0 Å². The number of ether oxygens (including phenoxy) is 1. The number of morpholine rings is 1. The third-order valence-corrected chi connectivity index (χ3v) is 5.44. The topological polar surface area (TPSA) is 73.6 Å². The molecule has 6 nitrogen and oxygen atoms in total. The minimum Gasteiger partial charge on any atom is -0.373 e.